The Morgan fingerprint density at radius 2 is 1.93 bits per heavy atom. The number of anilines is 1. The summed E-state index contributed by atoms with van der Waals surface area (Å²) in [6.07, 6.45) is 1.64. The number of amides is 2. The molecule has 150 valence electrons. The number of halogens is 1. The molecule has 0 aliphatic rings. The van der Waals surface area contributed by atoms with Gasteiger partial charge in [-0.15, -0.1) is 0 Å². The Labute approximate surface area is 177 Å². The average molecular weight is 457 g/mol. The molecular formula is C21H21BrN4O3. The highest BCUT2D eigenvalue weighted by Crippen LogP contribution is 2.17. The van der Waals surface area contributed by atoms with E-state index in [-0.39, 0.29) is 18.4 Å². The fraction of sp³-hybridized carbons (Fsp3) is 0.190. The lowest BCUT2D eigenvalue weighted by atomic mass is 10.2. The van der Waals surface area contributed by atoms with Gasteiger partial charge in [0.2, 0.25) is 0 Å². The molecule has 0 aliphatic heterocycles. The average Bonchev–Trinajstić information content (AvgIpc) is 3.12. The standard InChI is InChI=1S/C21H21BrN4O3/c1-25(2)20(27)14-29-18-8-4-6-16(12-18)21(28)24-19-9-10-23-26(19)13-15-5-3-7-17(22)11-15/h3-12H,13-14H2,1-2H3,(H,24,28). The molecule has 2 aromatic carbocycles. The third-order valence-electron chi connectivity index (χ3n) is 4.14. The van der Waals surface area contributed by atoms with Gasteiger partial charge in [0, 0.05) is 30.2 Å². The van der Waals surface area contributed by atoms with Crippen LogP contribution in [0.2, 0.25) is 0 Å². The molecule has 0 atom stereocenters. The van der Waals surface area contributed by atoms with Crippen molar-refractivity contribution < 1.29 is 14.3 Å². The maximum absolute atomic E-state index is 12.7. The molecule has 0 spiro atoms. The lowest BCUT2D eigenvalue weighted by Gasteiger charge is -2.12. The molecule has 1 aromatic heterocycles. The van der Waals surface area contributed by atoms with Gasteiger partial charge in [0.05, 0.1) is 12.7 Å². The molecule has 0 unspecified atom stereocenters. The Morgan fingerprint density at radius 1 is 1.14 bits per heavy atom. The number of nitrogens with zero attached hydrogens (tertiary/aromatic N) is 3. The second-order valence-corrected chi connectivity index (χ2v) is 7.48. The maximum Gasteiger partial charge on any atom is 0.259 e. The molecule has 0 bridgehead atoms. The van der Waals surface area contributed by atoms with Crippen molar-refractivity contribution in [2.75, 3.05) is 26.0 Å². The Morgan fingerprint density at radius 3 is 2.69 bits per heavy atom. The first-order chi connectivity index (χ1) is 13.9. The van der Waals surface area contributed by atoms with E-state index in [0.717, 1.165) is 10.0 Å². The Bertz CT molecular complexity index is 1020. The molecule has 3 rings (SSSR count). The van der Waals surface area contributed by atoms with Crippen LogP contribution < -0.4 is 10.1 Å². The van der Waals surface area contributed by atoms with E-state index in [0.29, 0.717) is 23.7 Å². The fourth-order valence-electron chi connectivity index (χ4n) is 2.56. The van der Waals surface area contributed by atoms with E-state index in [4.69, 9.17) is 4.74 Å². The summed E-state index contributed by atoms with van der Waals surface area (Å²) >= 11 is 3.46. The summed E-state index contributed by atoms with van der Waals surface area (Å²) in [5, 5.41) is 7.16. The molecule has 7 nitrogen and oxygen atoms in total. The summed E-state index contributed by atoms with van der Waals surface area (Å²) < 4.78 is 8.18. The predicted octanol–water partition coefficient (Wildman–Crippen LogP) is 3.41. The topological polar surface area (TPSA) is 76.5 Å². The third-order valence-corrected chi connectivity index (χ3v) is 4.63. The highest BCUT2D eigenvalue weighted by molar-refractivity contribution is 9.10. The van der Waals surface area contributed by atoms with E-state index in [1.807, 2.05) is 24.3 Å². The number of aromatic nitrogens is 2. The number of ether oxygens (including phenoxy) is 1. The van der Waals surface area contributed by atoms with E-state index in [1.54, 1.807) is 55.3 Å². The first kappa shape index (κ1) is 20.6. The van der Waals surface area contributed by atoms with Crippen LogP contribution >= 0.6 is 15.9 Å². The predicted molar refractivity (Wildman–Crippen MR) is 114 cm³/mol. The lowest BCUT2D eigenvalue weighted by Crippen LogP contribution is -2.27. The summed E-state index contributed by atoms with van der Waals surface area (Å²) in [7, 11) is 3.32. The zero-order chi connectivity index (χ0) is 20.8. The van der Waals surface area contributed by atoms with Crippen molar-refractivity contribution in [2.45, 2.75) is 6.54 Å². The van der Waals surface area contributed by atoms with Crippen LogP contribution in [0.5, 0.6) is 5.75 Å². The molecule has 0 saturated carbocycles. The number of benzene rings is 2. The first-order valence-corrected chi connectivity index (χ1v) is 9.72. The minimum Gasteiger partial charge on any atom is -0.484 e. The molecule has 1 N–H and O–H groups in total. The van der Waals surface area contributed by atoms with Crippen LogP contribution in [-0.2, 0) is 11.3 Å². The number of carbonyl (C=O) groups is 2. The van der Waals surface area contributed by atoms with E-state index < -0.39 is 0 Å². The quantitative estimate of drug-likeness (QED) is 0.590. The van der Waals surface area contributed by atoms with Crippen molar-refractivity contribution in [2.24, 2.45) is 0 Å². The van der Waals surface area contributed by atoms with Crippen LogP contribution in [0.3, 0.4) is 0 Å². The van der Waals surface area contributed by atoms with Crippen LogP contribution in [0.15, 0.2) is 65.3 Å². The second-order valence-electron chi connectivity index (χ2n) is 6.56. The number of nitrogens with one attached hydrogen (secondary N) is 1. The van der Waals surface area contributed by atoms with Gasteiger partial charge in [0.15, 0.2) is 6.61 Å². The van der Waals surface area contributed by atoms with Gasteiger partial charge in [-0.3, -0.25) is 9.59 Å². The second kappa shape index (κ2) is 9.38. The minimum atomic E-state index is -0.287. The van der Waals surface area contributed by atoms with Crippen molar-refractivity contribution in [3.8, 4) is 5.75 Å². The van der Waals surface area contributed by atoms with Gasteiger partial charge in [-0.2, -0.15) is 5.10 Å². The molecule has 8 heteroatoms. The lowest BCUT2D eigenvalue weighted by molar-refractivity contribution is -0.130. The number of carbonyl (C=O) groups excluding carboxylic acids is 2. The van der Waals surface area contributed by atoms with Crippen molar-refractivity contribution in [1.82, 2.24) is 14.7 Å². The molecule has 0 saturated heterocycles. The third kappa shape index (κ3) is 5.68. The smallest absolute Gasteiger partial charge is 0.259 e. The van der Waals surface area contributed by atoms with Gasteiger partial charge in [-0.1, -0.05) is 34.1 Å². The maximum atomic E-state index is 12.7. The molecule has 3 aromatic rings. The van der Waals surface area contributed by atoms with Gasteiger partial charge in [0.25, 0.3) is 11.8 Å². The van der Waals surface area contributed by atoms with E-state index >= 15 is 0 Å². The van der Waals surface area contributed by atoms with E-state index in [2.05, 4.69) is 26.3 Å². The molecule has 2 amide bonds. The molecule has 0 fully saturated rings. The van der Waals surface area contributed by atoms with Crippen molar-refractivity contribution in [1.29, 1.82) is 0 Å². The fourth-order valence-corrected chi connectivity index (χ4v) is 3.01. The number of likely N-dealkylation sites (N-methyl/N-ethyl adjacent to an activating group) is 1. The van der Waals surface area contributed by atoms with Crippen molar-refractivity contribution in [3.63, 3.8) is 0 Å². The summed E-state index contributed by atoms with van der Waals surface area (Å²) in [5.41, 5.74) is 1.48. The number of hydrogen-bond acceptors (Lipinski definition) is 4. The minimum absolute atomic E-state index is 0.0858. The number of rotatable bonds is 7. The molecule has 0 radical (unpaired) electrons. The molecule has 29 heavy (non-hydrogen) atoms. The highest BCUT2D eigenvalue weighted by atomic mass is 79.9. The van der Waals surface area contributed by atoms with E-state index in [9.17, 15) is 9.59 Å². The zero-order valence-electron chi connectivity index (χ0n) is 16.1. The van der Waals surface area contributed by atoms with Gasteiger partial charge in [-0.05, 0) is 35.9 Å². The summed E-state index contributed by atoms with van der Waals surface area (Å²) in [5.74, 6) is 0.598. The summed E-state index contributed by atoms with van der Waals surface area (Å²) in [6, 6.07) is 16.4. The SMILES string of the molecule is CN(C)C(=O)COc1cccc(C(=O)Nc2ccnn2Cc2cccc(Br)c2)c1. The summed E-state index contributed by atoms with van der Waals surface area (Å²) in [6.45, 7) is 0.440. The largest absolute Gasteiger partial charge is 0.484 e. The zero-order valence-corrected chi connectivity index (χ0v) is 17.7. The monoisotopic (exact) mass is 456 g/mol. The van der Waals surface area contributed by atoms with Gasteiger partial charge < -0.3 is 15.0 Å². The van der Waals surface area contributed by atoms with Crippen LogP contribution in [-0.4, -0.2) is 47.2 Å². The summed E-state index contributed by atoms with van der Waals surface area (Å²) in [4.78, 5) is 25.8. The Balaban J connectivity index is 1.67. The van der Waals surface area contributed by atoms with Crippen LogP contribution in [0.1, 0.15) is 15.9 Å². The van der Waals surface area contributed by atoms with Gasteiger partial charge >= 0.3 is 0 Å². The molecular weight excluding hydrogens is 436 g/mol. The van der Waals surface area contributed by atoms with Crippen molar-refractivity contribution in [3.05, 3.63) is 76.4 Å². The van der Waals surface area contributed by atoms with Crippen LogP contribution in [0, 0.1) is 0 Å². The van der Waals surface area contributed by atoms with E-state index in [1.165, 1.54) is 4.90 Å². The first-order valence-electron chi connectivity index (χ1n) is 8.93. The Hall–Kier alpha value is -3.13. The number of hydrogen-bond donors (Lipinski definition) is 1. The highest BCUT2D eigenvalue weighted by Gasteiger charge is 2.12. The normalized spacial score (nSPS) is 10.4. The van der Waals surface area contributed by atoms with Gasteiger partial charge in [-0.25, -0.2) is 4.68 Å². The van der Waals surface area contributed by atoms with Crippen LogP contribution in [0.4, 0.5) is 5.82 Å². The van der Waals surface area contributed by atoms with Crippen LogP contribution in [0.25, 0.3) is 0 Å². The van der Waals surface area contributed by atoms with Crippen molar-refractivity contribution >= 4 is 33.6 Å². The van der Waals surface area contributed by atoms with Gasteiger partial charge in [0.1, 0.15) is 11.6 Å². The molecule has 1 heterocycles. The molecule has 0 aliphatic carbocycles. The Kier molecular flexibility index (Phi) is 6.66.